The second kappa shape index (κ2) is 9.39. The highest BCUT2D eigenvalue weighted by Crippen LogP contribution is 2.26. The van der Waals surface area contributed by atoms with Gasteiger partial charge in [-0.15, -0.1) is 0 Å². The second-order valence-corrected chi connectivity index (χ2v) is 6.98. The normalized spacial score (nSPS) is 14.3. The Morgan fingerprint density at radius 3 is 2.58 bits per heavy atom. The van der Waals surface area contributed by atoms with Gasteiger partial charge in [-0.1, -0.05) is 44.2 Å². The number of benzene rings is 2. The Balaban J connectivity index is 2.05. The van der Waals surface area contributed by atoms with Gasteiger partial charge < -0.3 is 15.0 Å². The van der Waals surface area contributed by atoms with E-state index in [0.29, 0.717) is 5.92 Å². The molecule has 0 saturated heterocycles. The molecule has 0 spiro atoms. The van der Waals surface area contributed by atoms with Crippen LogP contribution >= 0.6 is 0 Å². The third-order valence-corrected chi connectivity index (χ3v) is 5.11. The lowest BCUT2D eigenvalue weighted by Crippen LogP contribution is -3.12. The molecule has 26 heavy (non-hydrogen) atoms. The van der Waals surface area contributed by atoms with Gasteiger partial charge in [0, 0.05) is 11.3 Å². The number of nitrogens with one attached hydrogen (secondary N) is 2. The van der Waals surface area contributed by atoms with E-state index in [1.165, 1.54) is 5.56 Å². The fourth-order valence-corrected chi connectivity index (χ4v) is 2.98. The molecule has 0 aliphatic carbocycles. The lowest BCUT2D eigenvalue weighted by molar-refractivity contribution is -0.907. The lowest BCUT2D eigenvalue weighted by Gasteiger charge is -2.22. The molecule has 2 aromatic carbocycles. The Labute approximate surface area is 157 Å². The van der Waals surface area contributed by atoms with Crippen LogP contribution in [0.5, 0.6) is 5.75 Å². The molecule has 0 heterocycles. The summed E-state index contributed by atoms with van der Waals surface area (Å²) in [5, 5.41) is 3.13. The van der Waals surface area contributed by atoms with Crippen LogP contribution in [0.25, 0.3) is 0 Å². The second-order valence-electron chi connectivity index (χ2n) is 6.98. The van der Waals surface area contributed by atoms with Crippen molar-refractivity contribution in [1.82, 2.24) is 0 Å². The number of amides is 1. The van der Waals surface area contributed by atoms with E-state index in [0.717, 1.165) is 34.9 Å². The molecule has 1 unspecified atom stereocenters. The van der Waals surface area contributed by atoms with Gasteiger partial charge in [-0.3, -0.25) is 4.79 Å². The molecule has 0 saturated carbocycles. The molecule has 4 nitrogen and oxygen atoms in total. The molecule has 2 N–H and O–H groups in total. The summed E-state index contributed by atoms with van der Waals surface area (Å²) in [5.41, 5.74) is 3.27. The molecule has 2 rings (SSSR count). The van der Waals surface area contributed by atoms with E-state index in [4.69, 9.17) is 4.74 Å². The van der Waals surface area contributed by atoms with Gasteiger partial charge >= 0.3 is 0 Å². The Morgan fingerprint density at radius 2 is 1.88 bits per heavy atom. The van der Waals surface area contributed by atoms with Crippen molar-refractivity contribution in [3.8, 4) is 5.75 Å². The van der Waals surface area contributed by atoms with Crippen LogP contribution in [0.15, 0.2) is 48.5 Å². The maximum Gasteiger partial charge on any atom is 0.282 e. The van der Waals surface area contributed by atoms with Crippen LogP contribution in [0.1, 0.15) is 44.2 Å². The predicted molar refractivity (Wildman–Crippen MR) is 107 cm³/mol. The van der Waals surface area contributed by atoms with E-state index in [2.05, 4.69) is 31.3 Å². The van der Waals surface area contributed by atoms with Gasteiger partial charge in [-0.05, 0) is 43.0 Å². The van der Waals surface area contributed by atoms with Crippen molar-refractivity contribution in [2.24, 2.45) is 0 Å². The first-order valence-corrected chi connectivity index (χ1v) is 9.31. The average Bonchev–Trinajstić information content (AvgIpc) is 2.67. The van der Waals surface area contributed by atoms with Gasteiger partial charge in [0.15, 0.2) is 6.04 Å². The number of ether oxygens (including phenoxy) is 1. The monoisotopic (exact) mass is 355 g/mol. The molecule has 0 bridgehead atoms. The number of quaternary nitrogens is 1. The number of likely N-dealkylation sites (N-methyl/N-ethyl adjacent to an activating group) is 1. The Kier molecular flexibility index (Phi) is 7.22. The summed E-state index contributed by atoms with van der Waals surface area (Å²) >= 11 is 0. The summed E-state index contributed by atoms with van der Waals surface area (Å²) in [4.78, 5) is 13.9. The van der Waals surface area contributed by atoms with Gasteiger partial charge in [0.05, 0.1) is 14.2 Å². The Bertz CT molecular complexity index is 730. The molecule has 0 aliphatic rings. The fourth-order valence-electron chi connectivity index (χ4n) is 2.98. The molecule has 140 valence electrons. The minimum absolute atomic E-state index is 0.0427. The van der Waals surface area contributed by atoms with Crippen molar-refractivity contribution in [2.45, 2.75) is 45.7 Å². The van der Waals surface area contributed by atoms with E-state index < -0.39 is 0 Å². The van der Waals surface area contributed by atoms with Gasteiger partial charge in [0.2, 0.25) is 0 Å². The summed E-state index contributed by atoms with van der Waals surface area (Å²) in [6.07, 6.45) is 1.05. The first-order chi connectivity index (χ1) is 12.5. The highest BCUT2D eigenvalue weighted by atomic mass is 16.5. The smallest absolute Gasteiger partial charge is 0.282 e. The quantitative estimate of drug-likeness (QED) is 0.763. The van der Waals surface area contributed by atoms with Crippen molar-refractivity contribution < 1.29 is 14.4 Å². The summed E-state index contributed by atoms with van der Waals surface area (Å²) < 4.78 is 5.28. The van der Waals surface area contributed by atoms with Gasteiger partial charge in [0.1, 0.15) is 12.3 Å². The first kappa shape index (κ1) is 20.0. The van der Waals surface area contributed by atoms with Crippen LogP contribution in [0.4, 0.5) is 5.69 Å². The molecule has 2 aromatic rings. The summed E-state index contributed by atoms with van der Waals surface area (Å²) in [5.74, 6) is 1.31. The van der Waals surface area contributed by atoms with Crippen LogP contribution in [-0.4, -0.2) is 26.1 Å². The highest BCUT2D eigenvalue weighted by Gasteiger charge is 2.23. The number of anilines is 1. The van der Waals surface area contributed by atoms with Crippen molar-refractivity contribution in [3.63, 3.8) is 0 Å². The molecular weight excluding hydrogens is 324 g/mol. The van der Waals surface area contributed by atoms with E-state index in [9.17, 15) is 4.79 Å². The summed E-state index contributed by atoms with van der Waals surface area (Å²) in [6.45, 7) is 7.09. The molecule has 0 aliphatic heterocycles. The number of hydrogen-bond acceptors (Lipinski definition) is 2. The number of methoxy groups -OCH3 is 1. The third-order valence-electron chi connectivity index (χ3n) is 5.11. The van der Waals surface area contributed by atoms with Crippen LogP contribution in [0.2, 0.25) is 0 Å². The minimum atomic E-state index is -0.161. The largest absolute Gasteiger partial charge is 0.497 e. The topological polar surface area (TPSA) is 42.8 Å². The Hall–Kier alpha value is -2.33. The van der Waals surface area contributed by atoms with Gasteiger partial charge in [0.25, 0.3) is 5.91 Å². The van der Waals surface area contributed by atoms with Crippen molar-refractivity contribution in [3.05, 3.63) is 59.7 Å². The SMILES string of the molecule is CC[C@@H](C)c1ccccc1NC(=O)[C@@H](C)[NH+](C)Cc1cccc(OC)c1. The predicted octanol–water partition coefficient (Wildman–Crippen LogP) is 3.25. The van der Waals surface area contributed by atoms with Crippen LogP contribution in [0.3, 0.4) is 0 Å². The fraction of sp³-hybridized carbons (Fsp3) is 0.409. The maximum atomic E-state index is 12.8. The van der Waals surface area contributed by atoms with E-state index in [1.54, 1.807) is 7.11 Å². The molecule has 0 radical (unpaired) electrons. The van der Waals surface area contributed by atoms with E-state index in [-0.39, 0.29) is 11.9 Å². The zero-order valence-electron chi connectivity index (χ0n) is 16.5. The van der Waals surface area contributed by atoms with Crippen LogP contribution < -0.4 is 15.0 Å². The van der Waals surface area contributed by atoms with Crippen LogP contribution in [-0.2, 0) is 11.3 Å². The lowest BCUT2D eigenvalue weighted by atomic mass is 9.97. The molecule has 0 aromatic heterocycles. The average molecular weight is 356 g/mol. The summed E-state index contributed by atoms with van der Waals surface area (Å²) in [7, 11) is 3.71. The maximum absolute atomic E-state index is 12.8. The Morgan fingerprint density at radius 1 is 1.15 bits per heavy atom. The number of rotatable bonds is 8. The number of para-hydroxylation sites is 1. The zero-order valence-corrected chi connectivity index (χ0v) is 16.5. The van der Waals surface area contributed by atoms with Crippen molar-refractivity contribution >= 4 is 11.6 Å². The standard InChI is InChI=1S/C22H30N2O2/c1-6-16(2)20-12-7-8-13-21(20)23-22(25)17(3)24(4)15-18-10-9-11-19(14-18)26-5/h7-14,16-17H,6,15H2,1-5H3,(H,23,25)/p+1/t16-,17-/m1/s1. The summed E-state index contributed by atoms with van der Waals surface area (Å²) in [6, 6.07) is 15.9. The van der Waals surface area contributed by atoms with Crippen LogP contribution in [0, 0.1) is 0 Å². The van der Waals surface area contributed by atoms with E-state index >= 15 is 0 Å². The molecule has 3 atom stereocenters. The molecule has 1 amide bonds. The number of carbonyl (C=O) groups excluding carboxylic acids is 1. The van der Waals surface area contributed by atoms with E-state index in [1.807, 2.05) is 50.4 Å². The molecule has 4 heteroatoms. The number of hydrogen-bond donors (Lipinski definition) is 2. The highest BCUT2D eigenvalue weighted by molar-refractivity contribution is 5.94. The molecular formula is C22H31N2O2+. The molecule has 0 fully saturated rings. The number of carbonyl (C=O) groups is 1. The van der Waals surface area contributed by atoms with Crippen molar-refractivity contribution in [1.29, 1.82) is 0 Å². The van der Waals surface area contributed by atoms with Gasteiger partial charge in [-0.2, -0.15) is 0 Å². The zero-order chi connectivity index (χ0) is 19.1. The van der Waals surface area contributed by atoms with Crippen molar-refractivity contribution in [2.75, 3.05) is 19.5 Å². The minimum Gasteiger partial charge on any atom is -0.497 e. The third kappa shape index (κ3) is 5.09. The first-order valence-electron chi connectivity index (χ1n) is 9.31. The van der Waals surface area contributed by atoms with Gasteiger partial charge in [-0.25, -0.2) is 0 Å².